The molecule has 36 heavy (non-hydrogen) atoms. The molecule has 0 aromatic carbocycles. The molecule has 1 aliphatic rings. The van der Waals surface area contributed by atoms with Crippen molar-refractivity contribution in [3.05, 3.63) is 24.2 Å². The summed E-state index contributed by atoms with van der Waals surface area (Å²) in [6.07, 6.45) is -1.43. The SMILES string of the molecule is CCC(CC)COC(=O)[C@H](C)N[PH](=O)OC[C@H]1O[C@@](CC#N)(c2ccc3c(N)ncnn23)[C@H](O)[C@@H]1O. The Hall–Kier alpha value is -2.59. The Morgan fingerprint density at radius 1 is 1.42 bits per heavy atom. The van der Waals surface area contributed by atoms with Gasteiger partial charge in [-0.3, -0.25) is 9.36 Å². The highest BCUT2D eigenvalue weighted by molar-refractivity contribution is 7.36. The van der Waals surface area contributed by atoms with Crippen LogP contribution in [0.2, 0.25) is 0 Å². The van der Waals surface area contributed by atoms with E-state index in [2.05, 4.69) is 15.2 Å². The number of esters is 1. The lowest BCUT2D eigenvalue weighted by Gasteiger charge is -2.29. The van der Waals surface area contributed by atoms with Crippen molar-refractivity contribution in [3.63, 3.8) is 0 Å². The number of nitrogens with zero attached hydrogens (tertiary/aromatic N) is 4. The fraction of sp³-hybridized carbons (Fsp3) is 0.636. The van der Waals surface area contributed by atoms with Gasteiger partial charge in [-0.1, -0.05) is 26.7 Å². The Balaban J connectivity index is 1.65. The van der Waals surface area contributed by atoms with Crippen molar-refractivity contribution in [1.29, 1.82) is 5.26 Å². The van der Waals surface area contributed by atoms with Crippen LogP contribution in [-0.2, 0) is 29.0 Å². The number of fused-ring (bicyclic) bond motifs is 1. The van der Waals surface area contributed by atoms with Crippen molar-refractivity contribution < 1.29 is 33.6 Å². The number of nitrogens with two attached hydrogens (primary N) is 1. The van der Waals surface area contributed by atoms with Gasteiger partial charge in [0, 0.05) is 0 Å². The molecular weight excluding hydrogens is 491 g/mol. The van der Waals surface area contributed by atoms with Gasteiger partial charge < -0.3 is 29.9 Å². The van der Waals surface area contributed by atoms with Crippen LogP contribution < -0.4 is 10.8 Å². The van der Waals surface area contributed by atoms with Gasteiger partial charge in [-0.2, -0.15) is 10.4 Å². The highest BCUT2D eigenvalue weighted by Crippen LogP contribution is 2.43. The van der Waals surface area contributed by atoms with Crippen LogP contribution in [0.3, 0.4) is 0 Å². The number of aromatic nitrogens is 3. The van der Waals surface area contributed by atoms with Crippen LogP contribution in [0.4, 0.5) is 5.82 Å². The summed E-state index contributed by atoms with van der Waals surface area (Å²) >= 11 is 0. The maximum absolute atomic E-state index is 12.4. The van der Waals surface area contributed by atoms with Gasteiger partial charge in [0.2, 0.25) is 0 Å². The van der Waals surface area contributed by atoms with Gasteiger partial charge in [-0.25, -0.2) is 14.6 Å². The van der Waals surface area contributed by atoms with Crippen LogP contribution in [0.1, 0.15) is 45.7 Å². The van der Waals surface area contributed by atoms with E-state index in [0.717, 1.165) is 12.8 Å². The summed E-state index contributed by atoms with van der Waals surface area (Å²) < 4.78 is 30.4. The Bertz CT molecular complexity index is 1120. The van der Waals surface area contributed by atoms with Gasteiger partial charge >= 0.3 is 5.97 Å². The number of nitrogen functional groups attached to an aromatic ring is 1. The summed E-state index contributed by atoms with van der Waals surface area (Å²) in [5.41, 5.74) is 4.97. The molecule has 3 rings (SSSR count). The molecule has 0 amide bonds. The zero-order valence-electron chi connectivity index (χ0n) is 20.5. The van der Waals surface area contributed by atoms with E-state index in [-0.39, 0.29) is 31.4 Å². The van der Waals surface area contributed by atoms with Crippen LogP contribution in [0.25, 0.3) is 5.52 Å². The maximum Gasteiger partial charge on any atom is 0.323 e. The van der Waals surface area contributed by atoms with Crippen molar-refractivity contribution in [3.8, 4) is 6.07 Å². The third-order valence-electron chi connectivity index (χ3n) is 6.48. The highest BCUT2D eigenvalue weighted by Gasteiger charge is 2.56. The van der Waals surface area contributed by atoms with E-state index in [9.17, 15) is 24.8 Å². The summed E-state index contributed by atoms with van der Waals surface area (Å²) in [7, 11) is -2.93. The van der Waals surface area contributed by atoms with E-state index in [1.165, 1.54) is 17.8 Å². The molecule has 2 aromatic heterocycles. The first-order valence-electron chi connectivity index (χ1n) is 11.8. The molecule has 1 unspecified atom stereocenters. The molecule has 3 heterocycles. The molecule has 13 nitrogen and oxygen atoms in total. The molecule has 1 aliphatic heterocycles. The summed E-state index contributed by atoms with van der Waals surface area (Å²) in [5.74, 6) is -0.101. The molecule has 0 radical (unpaired) electrons. The average Bonchev–Trinajstić information content (AvgIpc) is 3.40. The molecule has 1 saturated heterocycles. The molecule has 198 valence electrons. The number of hydrogen-bond acceptors (Lipinski definition) is 11. The summed E-state index contributed by atoms with van der Waals surface area (Å²) in [6.45, 7) is 5.45. The molecule has 0 aliphatic carbocycles. The zero-order valence-corrected chi connectivity index (χ0v) is 21.5. The van der Waals surface area contributed by atoms with Crippen LogP contribution in [0.5, 0.6) is 0 Å². The van der Waals surface area contributed by atoms with Crippen LogP contribution in [0.15, 0.2) is 18.5 Å². The maximum atomic E-state index is 12.4. The van der Waals surface area contributed by atoms with Crippen LogP contribution >= 0.6 is 8.18 Å². The summed E-state index contributed by atoms with van der Waals surface area (Å²) in [4.78, 5) is 16.1. The molecule has 1 fully saturated rings. The molecule has 6 atom stereocenters. The van der Waals surface area contributed by atoms with E-state index in [1.54, 1.807) is 12.1 Å². The number of carbonyl (C=O) groups is 1. The van der Waals surface area contributed by atoms with E-state index in [4.69, 9.17) is 19.7 Å². The third-order valence-corrected chi connectivity index (χ3v) is 7.58. The Morgan fingerprint density at radius 2 is 2.14 bits per heavy atom. The van der Waals surface area contributed by atoms with Gasteiger partial charge in [0.1, 0.15) is 36.2 Å². The number of carbonyl (C=O) groups excluding carboxylic acids is 1. The predicted molar refractivity (Wildman–Crippen MR) is 129 cm³/mol. The highest BCUT2D eigenvalue weighted by atomic mass is 31.1. The Kier molecular flexibility index (Phi) is 9.41. The van der Waals surface area contributed by atoms with E-state index >= 15 is 0 Å². The molecule has 14 heteroatoms. The molecular formula is C22H33N6O7P. The first-order chi connectivity index (χ1) is 17.2. The predicted octanol–water partition coefficient (Wildman–Crippen LogP) is 0.905. The third kappa shape index (κ3) is 5.70. The smallest absolute Gasteiger partial charge is 0.323 e. The lowest BCUT2D eigenvalue weighted by molar-refractivity contribution is -0.146. The molecule has 0 saturated carbocycles. The minimum atomic E-state index is -2.93. The van der Waals surface area contributed by atoms with Crippen molar-refractivity contribution in [2.75, 3.05) is 18.9 Å². The molecule has 5 N–H and O–H groups in total. The quantitative estimate of drug-likeness (QED) is 0.227. The fourth-order valence-electron chi connectivity index (χ4n) is 4.15. The standard InChI is InChI=1S/C22H33N6O7P/c1-4-14(5-2)10-33-21(31)13(3)27-36(32)34-11-16-18(29)19(30)22(35-16,8-9-23)17-7-6-15-20(24)25-12-26-28(15)17/h6-7,12-14,16,18-19,29-30,36H,4-5,8,10-11H2,1-3H3,(H,27,32)(H2,24,25,26)/t13-,16+,18+,19+,22-/m0/s1. The number of ether oxygens (including phenoxy) is 2. The largest absolute Gasteiger partial charge is 0.464 e. The van der Waals surface area contributed by atoms with Gasteiger partial charge in [0.05, 0.1) is 31.4 Å². The minimum Gasteiger partial charge on any atom is -0.464 e. The van der Waals surface area contributed by atoms with Gasteiger partial charge in [-0.15, -0.1) is 0 Å². The lowest BCUT2D eigenvalue weighted by atomic mass is 9.88. The van der Waals surface area contributed by atoms with E-state index in [0.29, 0.717) is 11.2 Å². The number of hydrogen-bond donors (Lipinski definition) is 4. The first-order valence-corrected chi connectivity index (χ1v) is 13.1. The van der Waals surface area contributed by atoms with Crippen molar-refractivity contribution in [2.45, 2.75) is 70.0 Å². The molecule has 2 aromatic rings. The number of nitrogens with one attached hydrogen (secondary N) is 1. The van der Waals surface area contributed by atoms with Gasteiger partial charge in [0.15, 0.2) is 11.4 Å². The van der Waals surface area contributed by atoms with Crippen molar-refractivity contribution >= 4 is 25.5 Å². The minimum absolute atomic E-state index is 0.188. The van der Waals surface area contributed by atoms with Crippen molar-refractivity contribution in [2.24, 2.45) is 5.92 Å². The summed E-state index contributed by atoms with van der Waals surface area (Å²) in [6, 6.07) is 4.30. The first kappa shape index (κ1) is 28.0. The molecule has 0 spiro atoms. The van der Waals surface area contributed by atoms with Crippen LogP contribution in [-0.4, -0.2) is 68.3 Å². The number of anilines is 1. The Morgan fingerprint density at radius 3 is 2.81 bits per heavy atom. The topological polar surface area (TPSA) is 194 Å². The zero-order chi connectivity index (χ0) is 26.5. The second-order valence-electron chi connectivity index (χ2n) is 8.75. The summed E-state index contributed by atoms with van der Waals surface area (Å²) in [5, 5.41) is 37.8. The normalized spacial score (nSPS) is 25.6. The number of aliphatic hydroxyl groups excluding tert-OH is 2. The second-order valence-corrected chi connectivity index (χ2v) is 9.91. The van der Waals surface area contributed by atoms with E-state index < -0.39 is 44.1 Å². The number of nitriles is 1. The van der Waals surface area contributed by atoms with Gasteiger partial charge in [-0.05, 0) is 25.0 Å². The van der Waals surface area contributed by atoms with Crippen molar-refractivity contribution in [1.82, 2.24) is 19.7 Å². The van der Waals surface area contributed by atoms with Gasteiger partial charge in [0.25, 0.3) is 8.18 Å². The average molecular weight is 525 g/mol. The number of rotatable bonds is 12. The Labute approximate surface area is 209 Å². The fourth-order valence-corrected chi connectivity index (χ4v) is 5.02. The van der Waals surface area contributed by atoms with Crippen LogP contribution in [0, 0.1) is 17.2 Å². The monoisotopic (exact) mass is 524 g/mol. The number of aliphatic hydroxyl groups is 2. The lowest BCUT2D eigenvalue weighted by Crippen LogP contribution is -2.41. The second kappa shape index (κ2) is 12.1. The van der Waals surface area contributed by atoms with E-state index in [1.807, 2.05) is 19.9 Å². The molecule has 0 bridgehead atoms.